The summed E-state index contributed by atoms with van der Waals surface area (Å²) < 4.78 is 1.94. The van der Waals surface area contributed by atoms with Crippen LogP contribution < -0.4 is 5.56 Å². The number of carbonyl (C=O) groups is 1. The average molecular weight is 550 g/mol. The first kappa shape index (κ1) is 24.8. The third kappa shape index (κ3) is 4.99. The number of hydrogen-bond acceptors (Lipinski definition) is 6. The van der Waals surface area contributed by atoms with Crippen LogP contribution in [0.2, 0.25) is 5.02 Å². The van der Waals surface area contributed by atoms with Crippen LogP contribution in [0.5, 0.6) is 0 Å². The molecular formula is C27H20ClN3O2S3. The fourth-order valence-electron chi connectivity index (χ4n) is 3.72. The largest absolute Gasteiger partial charge is 0.288 e. The quantitative estimate of drug-likeness (QED) is 0.160. The standard InChI is InChI=1S/C27H20ClN3O2S3/c1-16-7-10-19(11-8-16)35-24-20(25(32)30-14-17(2)9-12-23(30)29-24)13-22-26(33)31(27(34)36-22)15-18-5-3-4-6-21(18)28/h3-14H,15H2,1-2H3. The number of aromatic nitrogens is 2. The molecular weight excluding hydrogens is 530 g/mol. The first-order valence-electron chi connectivity index (χ1n) is 11.1. The van der Waals surface area contributed by atoms with Crippen molar-refractivity contribution < 1.29 is 4.79 Å². The first-order chi connectivity index (χ1) is 17.3. The number of fused-ring (bicyclic) bond motifs is 1. The minimum Gasteiger partial charge on any atom is -0.288 e. The van der Waals surface area contributed by atoms with Crippen molar-refractivity contribution in [3.63, 3.8) is 0 Å². The Kier molecular flexibility index (Phi) is 7.03. The predicted molar refractivity (Wildman–Crippen MR) is 152 cm³/mol. The zero-order chi connectivity index (χ0) is 25.4. The minimum absolute atomic E-state index is 0.241. The molecule has 5 rings (SSSR count). The van der Waals surface area contributed by atoms with Gasteiger partial charge in [-0.1, -0.05) is 89.3 Å². The first-order valence-corrected chi connectivity index (χ1v) is 13.5. The smallest absolute Gasteiger partial charge is 0.266 e. The van der Waals surface area contributed by atoms with Gasteiger partial charge in [0, 0.05) is 16.1 Å². The van der Waals surface area contributed by atoms with E-state index < -0.39 is 0 Å². The maximum absolute atomic E-state index is 13.6. The second kappa shape index (κ2) is 10.2. The van der Waals surface area contributed by atoms with Crippen molar-refractivity contribution in [2.24, 2.45) is 0 Å². The van der Waals surface area contributed by atoms with Gasteiger partial charge in [0.05, 0.1) is 17.0 Å². The number of aryl methyl sites for hydroxylation is 2. The predicted octanol–water partition coefficient (Wildman–Crippen LogP) is 6.52. The van der Waals surface area contributed by atoms with Crippen molar-refractivity contribution in [1.82, 2.24) is 14.3 Å². The van der Waals surface area contributed by atoms with Crippen LogP contribution in [0.4, 0.5) is 0 Å². The number of hydrogen-bond donors (Lipinski definition) is 0. The molecule has 36 heavy (non-hydrogen) atoms. The molecule has 1 aliphatic heterocycles. The van der Waals surface area contributed by atoms with Gasteiger partial charge in [-0.05, 0) is 55.3 Å². The fourth-order valence-corrected chi connectivity index (χ4v) is 6.05. The van der Waals surface area contributed by atoms with Crippen molar-refractivity contribution in [3.05, 3.63) is 109 Å². The van der Waals surface area contributed by atoms with E-state index in [1.807, 2.05) is 68.4 Å². The lowest BCUT2D eigenvalue weighted by molar-refractivity contribution is -0.122. The summed E-state index contributed by atoms with van der Waals surface area (Å²) in [6.45, 7) is 4.20. The van der Waals surface area contributed by atoms with E-state index in [0.717, 1.165) is 21.6 Å². The third-order valence-electron chi connectivity index (χ3n) is 5.64. The molecule has 1 amide bonds. The van der Waals surface area contributed by atoms with Crippen molar-refractivity contribution >= 4 is 69.3 Å². The van der Waals surface area contributed by atoms with Crippen LogP contribution in [0.15, 0.2) is 86.5 Å². The lowest BCUT2D eigenvalue weighted by atomic mass is 10.2. The number of nitrogens with zero attached hydrogens (tertiary/aromatic N) is 3. The molecule has 4 aromatic rings. The zero-order valence-corrected chi connectivity index (χ0v) is 22.6. The highest BCUT2D eigenvalue weighted by Crippen LogP contribution is 2.36. The zero-order valence-electron chi connectivity index (χ0n) is 19.4. The fraction of sp³-hybridized carbons (Fsp3) is 0.111. The minimum atomic E-state index is -0.259. The van der Waals surface area contributed by atoms with Crippen molar-refractivity contribution in [3.8, 4) is 0 Å². The van der Waals surface area contributed by atoms with Crippen LogP contribution in [0.25, 0.3) is 11.7 Å². The Morgan fingerprint density at radius 1 is 1.03 bits per heavy atom. The Balaban J connectivity index is 1.58. The molecule has 1 aliphatic rings. The third-order valence-corrected chi connectivity index (χ3v) is 8.40. The maximum Gasteiger partial charge on any atom is 0.266 e. The maximum atomic E-state index is 13.6. The molecule has 0 aliphatic carbocycles. The van der Waals surface area contributed by atoms with Crippen LogP contribution >= 0.6 is 47.3 Å². The average Bonchev–Trinajstić information content (AvgIpc) is 3.12. The van der Waals surface area contributed by atoms with E-state index in [9.17, 15) is 9.59 Å². The normalized spacial score (nSPS) is 14.9. The second-order valence-electron chi connectivity index (χ2n) is 8.34. The topological polar surface area (TPSA) is 54.7 Å². The molecule has 1 fully saturated rings. The molecule has 5 nitrogen and oxygen atoms in total. The highest BCUT2D eigenvalue weighted by Gasteiger charge is 2.33. The van der Waals surface area contributed by atoms with Crippen LogP contribution in [-0.4, -0.2) is 24.5 Å². The van der Waals surface area contributed by atoms with Crippen molar-refractivity contribution in [2.45, 2.75) is 30.3 Å². The van der Waals surface area contributed by atoms with E-state index in [2.05, 4.69) is 0 Å². The molecule has 0 unspecified atom stereocenters. The number of rotatable bonds is 5. The van der Waals surface area contributed by atoms with Gasteiger partial charge in [0.15, 0.2) is 0 Å². The molecule has 0 spiro atoms. The van der Waals surface area contributed by atoms with E-state index >= 15 is 0 Å². The van der Waals surface area contributed by atoms with Gasteiger partial charge in [0.25, 0.3) is 11.5 Å². The van der Waals surface area contributed by atoms with Crippen molar-refractivity contribution in [2.75, 3.05) is 0 Å². The van der Waals surface area contributed by atoms with Gasteiger partial charge in [0.2, 0.25) is 0 Å². The number of carbonyl (C=O) groups excluding carboxylic acids is 1. The molecule has 9 heteroatoms. The summed E-state index contributed by atoms with van der Waals surface area (Å²) in [6.07, 6.45) is 3.37. The summed E-state index contributed by atoms with van der Waals surface area (Å²) in [7, 11) is 0. The van der Waals surface area contributed by atoms with Gasteiger partial charge in [-0.15, -0.1) is 0 Å². The Hall–Kier alpha value is -2.91. The SMILES string of the molecule is Cc1ccc(Sc2nc3ccc(C)cn3c(=O)c2C=C2SC(=S)N(Cc3ccccc3Cl)C2=O)cc1. The van der Waals surface area contributed by atoms with Gasteiger partial charge < -0.3 is 0 Å². The molecule has 0 radical (unpaired) electrons. The van der Waals surface area contributed by atoms with Crippen molar-refractivity contribution in [1.29, 1.82) is 0 Å². The highest BCUT2D eigenvalue weighted by atomic mass is 35.5. The molecule has 0 saturated carbocycles. The summed E-state index contributed by atoms with van der Waals surface area (Å²) in [6, 6.07) is 19.1. The van der Waals surface area contributed by atoms with Crippen LogP contribution in [-0.2, 0) is 11.3 Å². The van der Waals surface area contributed by atoms with E-state index in [1.165, 1.54) is 32.8 Å². The lowest BCUT2D eigenvalue weighted by Crippen LogP contribution is -2.27. The van der Waals surface area contributed by atoms with Gasteiger partial charge in [0.1, 0.15) is 15.0 Å². The van der Waals surface area contributed by atoms with Crippen LogP contribution in [0, 0.1) is 13.8 Å². The van der Waals surface area contributed by atoms with Gasteiger partial charge in [-0.2, -0.15) is 0 Å². The number of halogens is 1. The van der Waals surface area contributed by atoms with E-state index in [1.54, 1.807) is 18.3 Å². The summed E-state index contributed by atoms with van der Waals surface area (Å²) >= 11 is 14.4. The Morgan fingerprint density at radius 3 is 2.50 bits per heavy atom. The number of thiocarbonyl (C=S) groups is 1. The number of amides is 1. The molecule has 0 N–H and O–H groups in total. The van der Waals surface area contributed by atoms with E-state index in [4.69, 9.17) is 28.8 Å². The van der Waals surface area contributed by atoms with Gasteiger partial charge in [-0.25, -0.2) is 4.98 Å². The second-order valence-corrected chi connectivity index (χ2v) is 11.5. The summed E-state index contributed by atoms with van der Waals surface area (Å²) in [4.78, 5) is 34.6. The molecule has 2 aromatic heterocycles. The molecule has 3 heterocycles. The number of pyridine rings is 1. The van der Waals surface area contributed by atoms with Gasteiger partial charge >= 0.3 is 0 Å². The number of benzene rings is 2. The Bertz CT molecular complexity index is 1610. The summed E-state index contributed by atoms with van der Waals surface area (Å²) in [5.74, 6) is -0.259. The summed E-state index contributed by atoms with van der Waals surface area (Å²) in [5, 5.41) is 1.10. The van der Waals surface area contributed by atoms with E-state index in [-0.39, 0.29) is 18.0 Å². The monoisotopic (exact) mass is 549 g/mol. The molecule has 0 atom stereocenters. The van der Waals surface area contributed by atoms with Crippen LogP contribution in [0.1, 0.15) is 22.3 Å². The van der Waals surface area contributed by atoms with Crippen LogP contribution in [0.3, 0.4) is 0 Å². The molecule has 0 bridgehead atoms. The molecule has 180 valence electrons. The van der Waals surface area contributed by atoms with E-state index in [0.29, 0.717) is 30.5 Å². The molecule has 1 saturated heterocycles. The van der Waals surface area contributed by atoms with Gasteiger partial charge in [-0.3, -0.25) is 18.9 Å². The Morgan fingerprint density at radius 2 is 1.75 bits per heavy atom. The lowest BCUT2D eigenvalue weighted by Gasteiger charge is -2.15. The summed E-state index contributed by atoms with van der Waals surface area (Å²) in [5.41, 5.74) is 3.53. The number of thioether (sulfide) groups is 1. The highest BCUT2D eigenvalue weighted by molar-refractivity contribution is 8.26. The molecule has 2 aromatic carbocycles. The Labute approximate surface area is 227 Å².